The third-order valence-corrected chi connectivity index (χ3v) is 7.62. The van der Waals surface area contributed by atoms with Gasteiger partial charge in [0, 0.05) is 18.0 Å². The lowest BCUT2D eigenvalue weighted by atomic mass is 10.2. The molecule has 8 nitrogen and oxygen atoms in total. The Balaban J connectivity index is 1.55. The average molecular weight is 467 g/mol. The van der Waals surface area contributed by atoms with Crippen molar-refractivity contribution in [2.45, 2.75) is 45.9 Å². The second kappa shape index (κ2) is 9.78. The number of hydrogen-bond acceptors (Lipinski definition) is 8. The number of aryl methyl sites for hydroxylation is 1. The van der Waals surface area contributed by atoms with Crippen LogP contribution in [0.5, 0.6) is 5.75 Å². The fourth-order valence-electron chi connectivity index (χ4n) is 3.45. The van der Waals surface area contributed by atoms with Gasteiger partial charge in [-0.2, -0.15) is 0 Å². The van der Waals surface area contributed by atoms with E-state index in [9.17, 15) is 18.0 Å². The molecule has 0 radical (unpaired) electrons. The molecule has 1 amide bonds. The highest BCUT2D eigenvalue weighted by Gasteiger charge is 2.36. The van der Waals surface area contributed by atoms with Gasteiger partial charge in [-0.25, -0.2) is 18.2 Å². The molecule has 0 aliphatic carbocycles. The third-order valence-electron chi connectivity index (χ3n) is 5.05. The predicted octanol–water partition coefficient (Wildman–Crippen LogP) is 2.61. The molecule has 3 rings (SSSR count). The Morgan fingerprint density at radius 3 is 2.55 bits per heavy atom. The van der Waals surface area contributed by atoms with Crippen LogP contribution in [0.1, 0.15) is 41.3 Å². The van der Waals surface area contributed by atoms with E-state index in [1.54, 1.807) is 42.5 Å². The number of sulfone groups is 1. The molecule has 0 N–H and O–H groups in total. The van der Waals surface area contributed by atoms with E-state index in [1.807, 2.05) is 12.3 Å². The molecule has 1 aromatic heterocycles. The summed E-state index contributed by atoms with van der Waals surface area (Å²) in [6, 6.07) is 6.08. The number of nitrogens with zero attached hydrogens (tertiary/aromatic N) is 2. The van der Waals surface area contributed by atoms with E-state index in [2.05, 4.69) is 4.98 Å². The molecule has 2 unspecified atom stereocenters. The first-order valence-electron chi connectivity index (χ1n) is 10.0. The molecule has 31 heavy (non-hydrogen) atoms. The van der Waals surface area contributed by atoms with Crippen molar-refractivity contribution in [1.82, 2.24) is 9.88 Å². The van der Waals surface area contributed by atoms with Gasteiger partial charge in [-0.3, -0.25) is 4.79 Å². The number of rotatable bonds is 8. The van der Waals surface area contributed by atoms with Crippen molar-refractivity contribution in [3.8, 4) is 5.75 Å². The van der Waals surface area contributed by atoms with Crippen molar-refractivity contribution in [2.24, 2.45) is 0 Å². The number of carbonyl (C=O) groups is 2. The summed E-state index contributed by atoms with van der Waals surface area (Å²) in [5.74, 6) is -0.401. The Hall–Kier alpha value is -2.46. The highest BCUT2D eigenvalue weighted by Crippen LogP contribution is 2.20. The molecule has 0 spiro atoms. The zero-order valence-corrected chi connectivity index (χ0v) is 19.4. The van der Waals surface area contributed by atoms with E-state index in [0.717, 1.165) is 10.7 Å². The minimum atomic E-state index is -3.12. The van der Waals surface area contributed by atoms with Gasteiger partial charge in [0.1, 0.15) is 12.4 Å². The van der Waals surface area contributed by atoms with E-state index in [4.69, 9.17) is 9.47 Å². The maximum Gasteiger partial charge on any atom is 0.338 e. The van der Waals surface area contributed by atoms with Crippen LogP contribution in [0.4, 0.5) is 0 Å². The minimum absolute atomic E-state index is 0.0464. The zero-order valence-electron chi connectivity index (χ0n) is 17.7. The fourth-order valence-corrected chi connectivity index (χ4v) is 5.77. The number of likely N-dealkylation sites (N-methyl/N-ethyl adjacent to an activating group) is 1. The van der Waals surface area contributed by atoms with Gasteiger partial charge in [-0.15, -0.1) is 11.3 Å². The number of thiazole rings is 1. The number of esters is 1. The van der Waals surface area contributed by atoms with Gasteiger partial charge in [0.2, 0.25) is 0 Å². The SMILES string of the molecule is CCN(C(=O)C(C)OC(=O)c1ccc(OCc2csc(C)n2)cc1)C1CCS(=O)(=O)C1. The Kier molecular flexibility index (Phi) is 7.32. The van der Waals surface area contributed by atoms with Crippen LogP contribution in [-0.2, 0) is 26.0 Å². The summed E-state index contributed by atoms with van der Waals surface area (Å²) in [6.45, 7) is 5.90. The lowest BCUT2D eigenvalue weighted by Gasteiger charge is -2.29. The van der Waals surface area contributed by atoms with Crippen molar-refractivity contribution in [3.63, 3.8) is 0 Å². The van der Waals surface area contributed by atoms with Crippen LogP contribution < -0.4 is 4.74 Å². The van der Waals surface area contributed by atoms with Gasteiger partial charge in [-0.05, 0) is 51.5 Å². The number of aromatic nitrogens is 1. The Labute approximate surface area is 186 Å². The van der Waals surface area contributed by atoms with E-state index in [1.165, 1.54) is 11.8 Å². The van der Waals surface area contributed by atoms with Crippen molar-refractivity contribution in [3.05, 3.63) is 45.9 Å². The van der Waals surface area contributed by atoms with Crippen LogP contribution in [0, 0.1) is 6.92 Å². The molecular formula is C21H26N2O6S2. The lowest BCUT2D eigenvalue weighted by Crippen LogP contribution is -2.46. The normalized spacial score (nSPS) is 18.4. The maximum absolute atomic E-state index is 12.7. The lowest BCUT2D eigenvalue weighted by molar-refractivity contribution is -0.141. The van der Waals surface area contributed by atoms with Gasteiger partial charge in [0.25, 0.3) is 5.91 Å². The topological polar surface area (TPSA) is 103 Å². The van der Waals surface area contributed by atoms with Crippen LogP contribution in [0.2, 0.25) is 0 Å². The van der Waals surface area contributed by atoms with Gasteiger partial charge >= 0.3 is 5.97 Å². The zero-order chi connectivity index (χ0) is 22.6. The van der Waals surface area contributed by atoms with Crippen molar-refractivity contribution in [1.29, 1.82) is 0 Å². The van der Waals surface area contributed by atoms with Crippen LogP contribution >= 0.6 is 11.3 Å². The summed E-state index contributed by atoms with van der Waals surface area (Å²) in [7, 11) is -3.12. The van der Waals surface area contributed by atoms with Crippen LogP contribution in [0.3, 0.4) is 0 Å². The highest BCUT2D eigenvalue weighted by molar-refractivity contribution is 7.91. The Morgan fingerprint density at radius 1 is 1.29 bits per heavy atom. The molecule has 2 aromatic rings. The van der Waals surface area contributed by atoms with Crippen LogP contribution in [-0.4, -0.2) is 60.4 Å². The summed E-state index contributed by atoms with van der Waals surface area (Å²) < 4.78 is 34.5. The number of hydrogen-bond donors (Lipinski definition) is 0. The standard InChI is InChI=1S/C21H26N2O6S2/c1-4-23(18-9-10-31(26,27)13-18)20(24)14(2)29-21(25)16-5-7-19(8-6-16)28-11-17-12-30-15(3)22-17/h5-8,12,14,18H,4,9-11,13H2,1-3H3. The first kappa shape index (κ1) is 23.2. The maximum atomic E-state index is 12.7. The van der Waals surface area contributed by atoms with Gasteiger partial charge < -0.3 is 14.4 Å². The molecule has 2 heterocycles. The molecule has 1 aromatic carbocycles. The second-order valence-corrected chi connectivity index (χ2v) is 10.7. The number of benzene rings is 1. The first-order valence-corrected chi connectivity index (χ1v) is 12.7. The molecule has 1 fully saturated rings. The summed E-state index contributed by atoms with van der Waals surface area (Å²) in [5.41, 5.74) is 1.14. The molecule has 10 heteroatoms. The molecule has 1 aliphatic heterocycles. The molecule has 0 bridgehead atoms. The van der Waals surface area contributed by atoms with Crippen LogP contribution in [0.25, 0.3) is 0 Å². The fraction of sp³-hybridized carbons (Fsp3) is 0.476. The summed E-state index contributed by atoms with van der Waals surface area (Å²) in [6.07, 6.45) is -0.607. The van der Waals surface area contributed by atoms with E-state index < -0.39 is 27.8 Å². The van der Waals surface area contributed by atoms with Gasteiger partial charge in [0.15, 0.2) is 15.9 Å². The highest BCUT2D eigenvalue weighted by atomic mass is 32.2. The molecule has 1 aliphatic rings. The smallest absolute Gasteiger partial charge is 0.338 e. The monoisotopic (exact) mass is 466 g/mol. The van der Waals surface area contributed by atoms with Crippen LogP contribution in [0.15, 0.2) is 29.6 Å². The molecule has 168 valence electrons. The predicted molar refractivity (Wildman–Crippen MR) is 117 cm³/mol. The molecule has 1 saturated heterocycles. The minimum Gasteiger partial charge on any atom is -0.487 e. The first-order chi connectivity index (χ1) is 14.7. The summed E-state index contributed by atoms with van der Waals surface area (Å²) in [4.78, 5) is 31.0. The number of carbonyl (C=O) groups excluding carboxylic acids is 2. The van der Waals surface area contributed by atoms with Crippen molar-refractivity contribution >= 4 is 33.1 Å². The quantitative estimate of drug-likeness (QED) is 0.551. The van der Waals surface area contributed by atoms with E-state index in [-0.39, 0.29) is 17.5 Å². The Morgan fingerprint density at radius 2 is 2.00 bits per heavy atom. The molecular weight excluding hydrogens is 440 g/mol. The Bertz CT molecular complexity index is 1030. The molecule has 0 saturated carbocycles. The second-order valence-electron chi connectivity index (χ2n) is 7.40. The number of amides is 1. The molecule has 2 atom stereocenters. The number of ether oxygens (including phenoxy) is 2. The summed E-state index contributed by atoms with van der Waals surface area (Å²) in [5, 5.41) is 2.90. The van der Waals surface area contributed by atoms with Crippen molar-refractivity contribution in [2.75, 3.05) is 18.1 Å². The third kappa shape index (κ3) is 6.04. The van der Waals surface area contributed by atoms with Crippen molar-refractivity contribution < 1.29 is 27.5 Å². The summed E-state index contributed by atoms with van der Waals surface area (Å²) >= 11 is 1.55. The van der Waals surface area contributed by atoms with E-state index in [0.29, 0.717) is 30.9 Å². The van der Waals surface area contributed by atoms with Gasteiger partial charge in [0.05, 0.1) is 27.8 Å². The largest absolute Gasteiger partial charge is 0.487 e. The van der Waals surface area contributed by atoms with Gasteiger partial charge in [-0.1, -0.05) is 0 Å². The van der Waals surface area contributed by atoms with E-state index >= 15 is 0 Å². The average Bonchev–Trinajstić information content (AvgIpc) is 3.31.